The van der Waals surface area contributed by atoms with Crippen molar-refractivity contribution in [3.05, 3.63) is 35.4 Å². The maximum atomic E-state index is 9.91. The largest absolute Gasteiger partial charge is 0.393 e. The molecule has 2 N–H and O–H groups in total. The molecule has 2 atom stereocenters. The number of rotatable bonds is 7. The van der Waals surface area contributed by atoms with Gasteiger partial charge in [-0.15, -0.1) is 0 Å². The molecule has 1 aliphatic heterocycles. The zero-order valence-electron chi connectivity index (χ0n) is 12.9. The van der Waals surface area contributed by atoms with E-state index in [1.54, 1.807) is 7.11 Å². The van der Waals surface area contributed by atoms with Gasteiger partial charge in [0.15, 0.2) is 0 Å². The molecule has 1 aromatic carbocycles. The van der Waals surface area contributed by atoms with Gasteiger partial charge in [-0.05, 0) is 36.8 Å². The van der Waals surface area contributed by atoms with Gasteiger partial charge in [-0.25, -0.2) is 0 Å². The van der Waals surface area contributed by atoms with Crippen molar-refractivity contribution >= 4 is 0 Å². The highest BCUT2D eigenvalue weighted by Crippen LogP contribution is 2.16. The number of aliphatic hydroxyl groups excluding tert-OH is 2. The first kappa shape index (κ1) is 16.4. The van der Waals surface area contributed by atoms with E-state index in [2.05, 4.69) is 29.2 Å². The summed E-state index contributed by atoms with van der Waals surface area (Å²) in [5.41, 5.74) is 2.64. The quantitative estimate of drug-likeness (QED) is 0.801. The fourth-order valence-electron chi connectivity index (χ4n) is 2.81. The second-order valence-corrected chi connectivity index (χ2v) is 5.86. The lowest BCUT2D eigenvalue weighted by Crippen LogP contribution is -2.44. The van der Waals surface area contributed by atoms with Crippen LogP contribution in [-0.2, 0) is 17.6 Å². The molecular weight excluding hydrogens is 266 g/mol. The summed E-state index contributed by atoms with van der Waals surface area (Å²) in [7, 11) is 1.72. The first-order chi connectivity index (χ1) is 10.2. The van der Waals surface area contributed by atoms with Crippen molar-refractivity contribution in [2.24, 2.45) is 0 Å². The van der Waals surface area contributed by atoms with Crippen molar-refractivity contribution in [3.63, 3.8) is 0 Å². The second kappa shape index (κ2) is 8.49. The summed E-state index contributed by atoms with van der Waals surface area (Å²) >= 11 is 0. The Bertz CT molecular complexity index is 407. The average molecular weight is 293 g/mol. The van der Waals surface area contributed by atoms with Crippen LogP contribution in [0.25, 0.3) is 0 Å². The van der Waals surface area contributed by atoms with Crippen LogP contribution < -0.4 is 0 Å². The zero-order valence-corrected chi connectivity index (χ0v) is 12.9. The van der Waals surface area contributed by atoms with E-state index in [1.165, 1.54) is 11.1 Å². The summed E-state index contributed by atoms with van der Waals surface area (Å²) in [6.45, 7) is 2.44. The predicted octanol–water partition coefficient (Wildman–Crippen LogP) is 1.58. The number of hydrogen-bond acceptors (Lipinski definition) is 4. The monoisotopic (exact) mass is 293 g/mol. The molecule has 2 rings (SSSR count). The molecule has 0 amide bonds. The van der Waals surface area contributed by atoms with Gasteiger partial charge in [0, 0.05) is 26.6 Å². The van der Waals surface area contributed by atoms with E-state index in [0.29, 0.717) is 6.42 Å². The highest BCUT2D eigenvalue weighted by Gasteiger charge is 2.24. The van der Waals surface area contributed by atoms with Gasteiger partial charge in [0.05, 0.1) is 12.7 Å². The molecule has 21 heavy (non-hydrogen) atoms. The van der Waals surface area contributed by atoms with E-state index in [-0.39, 0.29) is 6.10 Å². The highest BCUT2D eigenvalue weighted by atomic mass is 16.5. The molecule has 0 aliphatic carbocycles. The smallest absolute Gasteiger partial charge is 0.109 e. The molecule has 1 aliphatic rings. The number of ether oxygens (including phenoxy) is 1. The Morgan fingerprint density at radius 2 is 1.81 bits per heavy atom. The maximum absolute atomic E-state index is 9.91. The lowest BCUT2D eigenvalue weighted by Gasteiger charge is -2.34. The number of nitrogens with zero attached hydrogens (tertiary/aromatic N) is 1. The molecule has 0 saturated carbocycles. The maximum Gasteiger partial charge on any atom is 0.109 e. The van der Waals surface area contributed by atoms with E-state index in [9.17, 15) is 10.2 Å². The van der Waals surface area contributed by atoms with Crippen LogP contribution in [0.1, 0.15) is 30.4 Å². The van der Waals surface area contributed by atoms with Crippen molar-refractivity contribution in [1.82, 2.24) is 4.90 Å². The summed E-state index contributed by atoms with van der Waals surface area (Å²) in [6, 6.07) is 8.70. The predicted molar refractivity (Wildman–Crippen MR) is 83.2 cm³/mol. The SMILES string of the molecule is COCCc1ccc(CCCN2CCC(O)CC2O)cc1. The fourth-order valence-corrected chi connectivity index (χ4v) is 2.81. The Labute approximate surface area is 127 Å². The van der Waals surface area contributed by atoms with E-state index < -0.39 is 6.23 Å². The number of piperidine rings is 1. The lowest BCUT2D eigenvalue weighted by atomic mass is 10.0. The molecule has 0 aromatic heterocycles. The van der Waals surface area contributed by atoms with E-state index in [1.807, 2.05) is 0 Å². The van der Waals surface area contributed by atoms with Crippen LogP contribution in [0.15, 0.2) is 24.3 Å². The third-order valence-corrected chi connectivity index (χ3v) is 4.18. The number of likely N-dealkylation sites (tertiary alicyclic amines) is 1. The number of hydrogen-bond donors (Lipinski definition) is 2. The van der Waals surface area contributed by atoms with Gasteiger partial charge in [0.25, 0.3) is 0 Å². The summed E-state index contributed by atoms with van der Waals surface area (Å²) in [6.07, 6.45) is 3.44. The molecule has 1 fully saturated rings. The Morgan fingerprint density at radius 1 is 1.14 bits per heavy atom. The van der Waals surface area contributed by atoms with Crippen molar-refractivity contribution in [1.29, 1.82) is 0 Å². The molecule has 2 unspecified atom stereocenters. The minimum absolute atomic E-state index is 0.337. The fraction of sp³-hybridized carbons (Fsp3) is 0.647. The van der Waals surface area contributed by atoms with E-state index in [0.717, 1.165) is 45.4 Å². The number of aryl methyl sites for hydroxylation is 1. The Hall–Kier alpha value is -0.940. The van der Waals surface area contributed by atoms with Gasteiger partial charge in [-0.2, -0.15) is 0 Å². The topological polar surface area (TPSA) is 52.9 Å². The number of methoxy groups -OCH3 is 1. The van der Waals surface area contributed by atoms with Crippen molar-refractivity contribution in [2.75, 3.05) is 26.8 Å². The van der Waals surface area contributed by atoms with Gasteiger partial charge >= 0.3 is 0 Å². The van der Waals surface area contributed by atoms with Gasteiger partial charge in [-0.1, -0.05) is 24.3 Å². The van der Waals surface area contributed by atoms with Gasteiger partial charge in [-0.3, -0.25) is 4.90 Å². The van der Waals surface area contributed by atoms with Gasteiger partial charge in [0.1, 0.15) is 6.23 Å². The molecule has 118 valence electrons. The zero-order chi connectivity index (χ0) is 15.1. The molecule has 4 heteroatoms. The van der Waals surface area contributed by atoms with Gasteiger partial charge < -0.3 is 14.9 Å². The average Bonchev–Trinajstić information content (AvgIpc) is 2.48. The van der Waals surface area contributed by atoms with Crippen LogP contribution in [0.3, 0.4) is 0 Å². The first-order valence-electron chi connectivity index (χ1n) is 7.86. The number of aliphatic hydroxyl groups is 2. The third-order valence-electron chi connectivity index (χ3n) is 4.18. The number of benzene rings is 1. The normalized spacial score (nSPS) is 23.4. The lowest BCUT2D eigenvalue weighted by molar-refractivity contribution is -0.0669. The van der Waals surface area contributed by atoms with Gasteiger partial charge in [0.2, 0.25) is 0 Å². The third kappa shape index (κ3) is 5.40. The van der Waals surface area contributed by atoms with Crippen LogP contribution in [-0.4, -0.2) is 54.3 Å². The minimum Gasteiger partial charge on any atom is -0.393 e. The van der Waals surface area contributed by atoms with Crippen molar-refractivity contribution in [3.8, 4) is 0 Å². The molecule has 0 radical (unpaired) electrons. The summed E-state index contributed by atoms with van der Waals surface area (Å²) in [4.78, 5) is 2.07. The Balaban J connectivity index is 1.70. The van der Waals surface area contributed by atoms with E-state index >= 15 is 0 Å². The molecule has 1 saturated heterocycles. The van der Waals surface area contributed by atoms with Crippen LogP contribution in [0, 0.1) is 0 Å². The Kier molecular flexibility index (Phi) is 6.64. The van der Waals surface area contributed by atoms with Crippen molar-refractivity contribution < 1.29 is 14.9 Å². The molecule has 0 bridgehead atoms. The standard InChI is InChI=1S/C17H27NO3/c1-21-12-9-15-6-4-14(5-7-15)3-2-10-18-11-8-16(19)13-17(18)20/h4-7,16-17,19-20H,2-3,8-13H2,1H3. The molecule has 1 heterocycles. The molecular formula is C17H27NO3. The van der Waals surface area contributed by atoms with Crippen molar-refractivity contribution in [2.45, 2.75) is 44.4 Å². The first-order valence-corrected chi connectivity index (χ1v) is 7.86. The van der Waals surface area contributed by atoms with E-state index in [4.69, 9.17) is 4.74 Å². The minimum atomic E-state index is -0.481. The second-order valence-electron chi connectivity index (χ2n) is 5.86. The summed E-state index contributed by atoms with van der Waals surface area (Å²) in [5, 5.41) is 19.4. The molecule has 1 aromatic rings. The Morgan fingerprint density at radius 3 is 2.43 bits per heavy atom. The molecule has 4 nitrogen and oxygen atoms in total. The van der Waals surface area contributed by atoms with Crippen LogP contribution >= 0.6 is 0 Å². The van der Waals surface area contributed by atoms with Crippen LogP contribution in [0.4, 0.5) is 0 Å². The van der Waals surface area contributed by atoms with Crippen LogP contribution in [0.5, 0.6) is 0 Å². The summed E-state index contributed by atoms with van der Waals surface area (Å²) in [5.74, 6) is 0. The summed E-state index contributed by atoms with van der Waals surface area (Å²) < 4.78 is 5.08. The molecule has 0 spiro atoms. The highest BCUT2D eigenvalue weighted by molar-refractivity contribution is 5.22. The van der Waals surface area contributed by atoms with Crippen LogP contribution in [0.2, 0.25) is 0 Å².